The second-order valence-corrected chi connectivity index (χ2v) is 14.7. The van der Waals surface area contributed by atoms with E-state index in [-0.39, 0.29) is 29.3 Å². The van der Waals surface area contributed by atoms with Crippen molar-refractivity contribution in [1.82, 2.24) is 9.80 Å². The Balaban J connectivity index is 2.49. The molecule has 1 aliphatic rings. The first-order chi connectivity index (χ1) is 11.3. The zero-order valence-electron chi connectivity index (χ0n) is 17.4. The molecule has 0 aromatic carbocycles. The van der Waals surface area contributed by atoms with Crippen LogP contribution in [0.1, 0.15) is 53.9 Å². The fraction of sp³-hybridized carbons (Fsp3) is 0.800. The zero-order chi connectivity index (χ0) is 19.5. The molecule has 0 saturated carbocycles. The van der Waals surface area contributed by atoms with Gasteiger partial charge in [0.1, 0.15) is 6.54 Å². The number of urea groups is 1. The lowest BCUT2D eigenvalue weighted by Gasteiger charge is -2.39. The molecule has 0 aromatic heterocycles. The van der Waals surface area contributed by atoms with Crippen LogP contribution >= 0.6 is 0 Å². The first kappa shape index (κ1) is 21.9. The van der Waals surface area contributed by atoms with Gasteiger partial charge in [-0.3, -0.25) is 9.69 Å². The van der Waals surface area contributed by atoms with E-state index in [1.54, 1.807) is 4.90 Å². The number of nitrogens with zero attached hydrogens (tertiary/aromatic N) is 2. The summed E-state index contributed by atoms with van der Waals surface area (Å²) in [7, 11) is -1.34. The van der Waals surface area contributed by atoms with Gasteiger partial charge in [-0.05, 0) is 30.1 Å². The summed E-state index contributed by atoms with van der Waals surface area (Å²) in [4.78, 5) is 27.9. The minimum absolute atomic E-state index is 0.0428. The van der Waals surface area contributed by atoms with Gasteiger partial charge in [-0.25, -0.2) is 4.79 Å². The van der Waals surface area contributed by atoms with E-state index in [0.717, 1.165) is 25.3 Å². The molecule has 1 aliphatic heterocycles. The second kappa shape index (κ2) is 8.06. The van der Waals surface area contributed by atoms with Crippen LogP contribution in [0.25, 0.3) is 0 Å². The van der Waals surface area contributed by atoms with Crippen molar-refractivity contribution in [1.29, 1.82) is 0 Å². The summed E-state index contributed by atoms with van der Waals surface area (Å²) in [6.07, 6.45) is 2.83. The van der Waals surface area contributed by atoms with Gasteiger partial charge >= 0.3 is 6.03 Å². The molecule has 3 amide bonds. The van der Waals surface area contributed by atoms with Crippen molar-refractivity contribution >= 4 is 20.0 Å². The fourth-order valence-electron chi connectivity index (χ4n) is 2.87. The third-order valence-corrected chi connectivity index (χ3v) is 8.89. The van der Waals surface area contributed by atoms with E-state index in [1.807, 2.05) is 0 Å². The summed E-state index contributed by atoms with van der Waals surface area (Å²) in [6, 6.07) is 1.01. The maximum absolute atomic E-state index is 12.5. The summed E-state index contributed by atoms with van der Waals surface area (Å²) in [5.41, 5.74) is 2.48. The number of imide groups is 1. The van der Waals surface area contributed by atoms with Gasteiger partial charge in [-0.15, -0.1) is 12.3 Å². The van der Waals surface area contributed by atoms with Crippen LogP contribution in [0.4, 0.5) is 4.79 Å². The largest absolute Gasteiger partial charge is 0.327 e. The fourth-order valence-corrected chi connectivity index (χ4v) is 4.14. The third kappa shape index (κ3) is 5.98. The molecule has 4 nitrogen and oxygen atoms in total. The van der Waals surface area contributed by atoms with Crippen molar-refractivity contribution in [3.63, 3.8) is 0 Å². The van der Waals surface area contributed by atoms with Gasteiger partial charge in [0.25, 0.3) is 0 Å². The van der Waals surface area contributed by atoms with E-state index in [0.29, 0.717) is 13.1 Å². The Bertz CT molecular complexity index is 506. The van der Waals surface area contributed by atoms with Crippen molar-refractivity contribution in [2.45, 2.75) is 73.0 Å². The molecular weight excluding hydrogens is 328 g/mol. The molecule has 1 rings (SSSR count). The highest BCUT2D eigenvalue weighted by Crippen LogP contribution is 2.41. The van der Waals surface area contributed by atoms with E-state index in [4.69, 9.17) is 0 Å². The standard InChI is InChI=1S/C20H38N2O2Si/c1-9-25(7,8)15-11-13-21-16-17(23)22(18(21)24)14-10-12-20(5,6)19(2,3)4/h9H,1,10-16H2,2-8H3. The SMILES string of the molecule is C=C[Si](C)(C)CCCN1CC(=O)N(CCCC(C)(C)C(C)(C)C)C1=O. The van der Waals surface area contributed by atoms with E-state index in [9.17, 15) is 9.59 Å². The molecule has 0 N–H and O–H groups in total. The van der Waals surface area contributed by atoms with Crippen molar-refractivity contribution in [3.05, 3.63) is 12.3 Å². The van der Waals surface area contributed by atoms with Gasteiger partial charge in [-0.2, -0.15) is 0 Å². The Morgan fingerprint density at radius 2 is 1.68 bits per heavy atom. The van der Waals surface area contributed by atoms with E-state index >= 15 is 0 Å². The van der Waals surface area contributed by atoms with Crippen molar-refractivity contribution in [2.75, 3.05) is 19.6 Å². The number of hydrogen-bond acceptors (Lipinski definition) is 2. The Labute approximate surface area is 155 Å². The van der Waals surface area contributed by atoms with Crippen LogP contribution in [0.3, 0.4) is 0 Å². The molecule has 5 heteroatoms. The maximum atomic E-state index is 12.5. The molecule has 1 heterocycles. The number of carbonyl (C=O) groups excluding carboxylic acids is 2. The molecule has 0 atom stereocenters. The lowest BCUT2D eigenvalue weighted by atomic mass is 9.67. The van der Waals surface area contributed by atoms with Gasteiger partial charge < -0.3 is 4.90 Å². The predicted octanol–water partition coefficient (Wildman–Crippen LogP) is 4.93. The van der Waals surface area contributed by atoms with Crippen LogP contribution in [-0.2, 0) is 4.79 Å². The molecule has 1 saturated heterocycles. The second-order valence-electron chi connectivity index (χ2n) is 9.78. The van der Waals surface area contributed by atoms with Crippen LogP contribution in [0.15, 0.2) is 12.3 Å². The summed E-state index contributed by atoms with van der Waals surface area (Å²) in [5.74, 6) is -0.0428. The van der Waals surface area contributed by atoms with E-state index in [1.165, 1.54) is 4.90 Å². The van der Waals surface area contributed by atoms with Crippen LogP contribution in [-0.4, -0.2) is 49.4 Å². The highest BCUT2D eigenvalue weighted by atomic mass is 28.3. The molecule has 0 aliphatic carbocycles. The summed E-state index contributed by atoms with van der Waals surface area (Å²) in [6.45, 7) is 21.2. The van der Waals surface area contributed by atoms with Gasteiger partial charge in [-0.1, -0.05) is 53.8 Å². The van der Waals surface area contributed by atoms with Gasteiger partial charge in [0.15, 0.2) is 0 Å². The highest BCUT2D eigenvalue weighted by Gasteiger charge is 2.37. The van der Waals surface area contributed by atoms with E-state index in [2.05, 4.69) is 60.0 Å². The average Bonchev–Trinajstić information content (AvgIpc) is 2.73. The summed E-state index contributed by atoms with van der Waals surface area (Å²) in [5, 5.41) is 0. The van der Waals surface area contributed by atoms with E-state index < -0.39 is 8.07 Å². The average molecular weight is 367 g/mol. The topological polar surface area (TPSA) is 40.6 Å². The molecule has 0 radical (unpaired) electrons. The molecule has 25 heavy (non-hydrogen) atoms. The number of hydrogen-bond donors (Lipinski definition) is 0. The lowest BCUT2D eigenvalue weighted by Crippen LogP contribution is -2.36. The summed E-state index contributed by atoms with van der Waals surface area (Å²) < 4.78 is 0. The van der Waals surface area contributed by atoms with Crippen LogP contribution in [0.2, 0.25) is 19.1 Å². The van der Waals surface area contributed by atoms with Crippen molar-refractivity contribution in [2.24, 2.45) is 10.8 Å². The first-order valence-electron chi connectivity index (χ1n) is 9.54. The van der Waals surface area contributed by atoms with Gasteiger partial charge in [0.05, 0.1) is 8.07 Å². The van der Waals surface area contributed by atoms with Crippen molar-refractivity contribution < 1.29 is 9.59 Å². The lowest BCUT2D eigenvalue weighted by molar-refractivity contribution is -0.125. The monoisotopic (exact) mass is 366 g/mol. The minimum atomic E-state index is -1.34. The Hall–Kier alpha value is -1.10. The third-order valence-electron chi connectivity index (χ3n) is 6.14. The maximum Gasteiger partial charge on any atom is 0.327 e. The molecular formula is C20H38N2O2Si. The molecule has 0 spiro atoms. The Morgan fingerprint density at radius 1 is 1.08 bits per heavy atom. The molecule has 1 fully saturated rings. The smallest absolute Gasteiger partial charge is 0.315 e. The first-order valence-corrected chi connectivity index (χ1v) is 12.8. The quantitative estimate of drug-likeness (QED) is 0.429. The minimum Gasteiger partial charge on any atom is -0.315 e. The van der Waals surface area contributed by atoms with Crippen molar-refractivity contribution in [3.8, 4) is 0 Å². The Kier molecular flexibility index (Phi) is 7.08. The van der Waals surface area contributed by atoms with Crippen LogP contribution < -0.4 is 0 Å². The van der Waals surface area contributed by atoms with Crippen LogP contribution in [0.5, 0.6) is 0 Å². The number of rotatable bonds is 9. The van der Waals surface area contributed by atoms with Gasteiger partial charge in [0.2, 0.25) is 5.91 Å². The molecule has 0 unspecified atom stereocenters. The summed E-state index contributed by atoms with van der Waals surface area (Å²) >= 11 is 0. The van der Waals surface area contributed by atoms with Gasteiger partial charge in [0, 0.05) is 13.1 Å². The van der Waals surface area contributed by atoms with Crippen LogP contribution in [0, 0.1) is 10.8 Å². The Morgan fingerprint density at radius 3 is 2.20 bits per heavy atom. The predicted molar refractivity (Wildman–Crippen MR) is 108 cm³/mol. The number of carbonyl (C=O) groups is 2. The normalized spacial score (nSPS) is 16.8. The highest BCUT2D eigenvalue weighted by molar-refractivity contribution is 6.82. The number of amides is 3. The molecule has 0 aromatic rings. The zero-order valence-corrected chi connectivity index (χ0v) is 18.4. The molecule has 0 bridgehead atoms. The molecule has 144 valence electrons.